The molecule has 1 aliphatic rings. The average Bonchev–Trinajstić information content (AvgIpc) is 3.04. The summed E-state index contributed by atoms with van der Waals surface area (Å²) in [5, 5.41) is 4.87. The molecule has 1 fully saturated rings. The third-order valence-electron chi connectivity index (χ3n) is 4.29. The van der Waals surface area contributed by atoms with E-state index < -0.39 is 5.54 Å². The number of thiophene rings is 1. The number of aromatic nitrogens is 1. The molecule has 2 aromatic heterocycles. The first-order chi connectivity index (χ1) is 11.1. The quantitative estimate of drug-likeness (QED) is 0.912. The van der Waals surface area contributed by atoms with Gasteiger partial charge in [-0.15, -0.1) is 11.3 Å². The van der Waals surface area contributed by atoms with Gasteiger partial charge in [0.25, 0.3) is 0 Å². The van der Waals surface area contributed by atoms with Crippen LogP contribution in [-0.2, 0) is 22.6 Å². The maximum absolute atomic E-state index is 12.5. The number of carbonyl (C=O) groups is 2. The molecule has 120 valence electrons. The molecule has 0 aliphatic carbocycles. The van der Waals surface area contributed by atoms with Gasteiger partial charge in [-0.3, -0.25) is 14.6 Å². The summed E-state index contributed by atoms with van der Waals surface area (Å²) in [5.74, 6) is -0.0927. The van der Waals surface area contributed by atoms with Crippen molar-refractivity contribution in [3.8, 4) is 0 Å². The van der Waals surface area contributed by atoms with E-state index in [2.05, 4.69) is 10.3 Å². The van der Waals surface area contributed by atoms with Gasteiger partial charge >= 0.3 is 0 Å². The fourth-order valence-corrected chi connectivity index (χ4v) is 3.42. The van der Waals surface area contributed by atoms with Gasteiger partial charge in [0.05, 0.1) is 6.42 Å². The summed E-state index contributed by atoms with van der Waals surface area (Å²) in [7, 11) is 0. The highest BCUT2D eigenvalue weighted by molar-refractivity contribution is 7.10. The minimum absolute atomic E-state index is 0.0118. The monoisotopic (exact) mass is 329 g/mol. The van der Waals surface area contributed by atoms with Crippen LogP contribution in [0.25, 0.3) is 0 Å². The molecule has 1 atom stereocenters. The predicted molar refractivity (Wildman–Crippen MR) is 88.8 cm³/mol. The molecule has 5 nitrogen and oxygen atoms in total. The summed E-state index contributed by atoms with van der Waals surface area (Å²) >= 11 is 1.56. The van der Waals surface area contributed by atoms with Crippen molar-refractivity contribution in [2.24, 2.45) is 0 Å². The molecule has 0 saturated carbocycles. The molecule has 1 N–H and O–H groups in total. The van der Waals surface area contributed by atoms with Gasteiger partial charge in [0.1, 0.15) is 5.54 Å². The number of hydrogen-bond donors (Lipinski definition) is 1. The molecule has 0 radical (unpaired) electrons. The van der Waals surface area contributed by atoms with Crippen LogP contribution in [0.1, 0.15) is 23.8 Å². The van der Waals surface area contributed by atoms with Crippen LogP contribution in [0.15, 0.2) is 42.0 Å². The summed E-state index contributed by atoms with van der Waals surface area (Å²) in [4.78, 5) is 31.7. The van der Waals surface area contributed by atoms with E-state index in [1.807, 2.05) is 36.6 Å². The number of rotatable bonds is 5. The highest BCUT2D eigenvalue weighted by Crippen LogP contribution is 2.31. The standard InChI is InChI=1S/C17H19N3O2S/c1-17(16(22)19-12-13-4-2-7-18-11-13)6-8-20(17)15(21)10-14-5-3-9-23-14/h2-5,7,9,11H,6,8,10,12H2,1H3,(H,19,22). The summed E-state index contributed by atoms with van der Waals surface area (Å²) in [6.45, 7) is 2.90. The molecule has 2 aromatic rings. The van der Waals surface area contributed by atoms with Crippen LogP contribution in [0.3, 0.4) is 0 Å². The second-order valence-corrected chi connectivity index (χ2v) is 6.90. The first kappa shape index (κ1) is 15.7. The SMILES string of the molecule is CC1(C(=O)NCc2cccnc2)CCN1C(=O)Cc1cccs1. The highest BCUT2D eigenvalue weighted by Gasteiger charge is 2.49. The van der Waals surface area contributed by atoms with Crippen molar-refractivity contribution in [3.05, 3.63) is 52.5 Å². The number of amides is 2. The van der Waals surface area contributed by atoms with Crippen molar-refractivity contribution >= 4 is 23.2 Å². The fourth-order valence-electron chi connectivity index (χ4n) is 2.73. The molecule has 1 aliphatic heterocycles. The van der Waals surface area contributed by atoms with Crippen molar-refractivity contribution < 1.29 is 9.59 Å². The Kier molecular flexibility index (Phi) is 4.43. The number of likely N-dealkylation sites (tertiary alicyclic amines) is 1. The lowest BCUT2D eigenvalue weighted by Crippen LogP contribution is -2.67. The van der Waals surface area contributed by atoms with E-state index in [-0.39, 0.29) is 11.8 Å². The summed E-state index contributed by atoms with van der Waals surface area (Å²) in [6.07, 6.45) is 4.48. The van der Waals surface area contributed by atoms with Gasteiger partial charge < -0.3 is 10.2 Å². The van der Waals surface area contributed by atoms with Gasteiger partial charge in [0.2, 0.25) is 11.8 Å². The lowest BCUT2D eigenvalue weighted by molar-refractivity contribution is -0.157. The van der Waals surface area contributed by atoms with Gasteiger partial charge in [-0.25, -0.2) is 0 Å². The first-order valence-corrected chi connectivity index (χ1v) is 8.47. The predicted octanol–water partition coefficient (Wildman–Crippen LogP) is 1.99. The zero-order chi connectivity index (χ0) is 16.3. The Hall–Kier alpha value is -2.21. The van der Waals surface area contributed by atoms with Crippen molar-refractivity contribution in [2.45, 2.75) is 31.8 Å². The number of pyridine rings is 1. The van der Waals surface area contributed by atoms with Gasteiger partial charge in [-0.2, -0.15) is 0 Å². The van der Waals surface area contributed by atoms with Crippen molar-refractivity contribution in [1.82, 2.24) is 15.2 Å². The number of hydrogen-bond acceptors (Lipinski definition) is 4. The zero-order valence-electron chi connectivity index (χ0n) is 13.0. The Balaban J connectivity index is 1.59. The van der Waals surface area contributed by atoms with E-state index in [0.717, 1.165) is 10.4 Å². The van der Waals surface area contributed by atoms with Crippen molar-refractivity contribution in [1.29, 1.82) is 0 Å². The summed E-state index contributed by atoms with van der Waals surface area (Å²) < 4.78 is 0. The average molecular weight is 329 g/mol. The van der Waals surface area contributed by atoms with Crippen LogP contribution in [0, 0.1) is 0 Å². The van der Waals surface area contributed by atoms with E-state index in [1.165, 1.54) is 0 Å². The normalized spacial score (nSPS) is 20.0. The van der Waals surface area contributed by atoms with Crippen LogP contribution < -0.4 is 5.32 Å². The van der Waals surface area contributed by atoms with Crippen LogP contribution in [0.5, 0.6) is 0 Å². The fraction of sp³-hybridized carbons (Fsp3) is 0.353. The lowest BCUT2D eigenvalue weighted by atomic mass is 9.85. The molecule has 2 amide bonds. The highest BCUT2D eigenvalue weighted by atomic mass is 32.1. The minimum atomic E-state index is -0.740. The molecular formula is C17H19N3O2S. The Morgan fingerprint density at radius 3 is 2.87 bits per heavy atom. The minimum Gasteiger partial charge on any atom is -0.350 e. The van der Waals surface area contributed by atoms with Crippen LogP contribution >= 0.6 is 11.3 Å². The van der Waals surface area contributed by atoms with Gasteiger partial charge in [0, 0.05) is 30.4 Å². The molecule has 3 heterocycles. The molecule has 6 heteroatoms. The van der Waals surface area contributed by atoms with E-state index in [0.29, 0.717) is 25.9 Å². The third kappa shape index (κ3) is 3.27. The topological polar surface area (TPSA) is 62.3 Å². The molecule has 0 bridgehead atoms. The Morgan fingerprint density at radius 1 is 1.39 bits per heavy atom. The third-order valence-corrected chi connectivity index (χ3v) is 5.17. The Labute approximate surface area is 139 Å². The zero-order valence-corrected chi connectivity index (χ0v) is 13.8. The molecule has 1 saturated heterocycles. The van der Waals surface area contributed by atoms with Gasteiger partial charge in [-0.1, -0.05) is 12.1 Å². The molecule has 3 rings (SSSR count). The molecule has 1 unspecified atom stereocenters. The summed E-state index contributed by atoms with van der Waals surface area (Å²) in [5.41, 5.74) is 0.205. The van der Waals surface area contributed by atoms with Crippen molar-refractivity contribution in [3.63, 3.8) is 0 Å². The number of carbonyl (C=O) groups excluding carboxylic acids is 2. The smallest absolute Gasteiger partial charge is 0.246 e. The lowest BCUT2D eigenvalue weighted by Gasteiger charge is -2.49. The van der Waals surface area contributed by atoms with E-state index in [9.17, 15) is 9.59 Å². The molecular weight excluding hydrogens is 310 g/mol. The second kappa shape index (κ2) is 6.50. The Bertz CT molecular complexity index is 687. The maximum atomic E-state index is 12.5. The molecule has 0 aromatic carbocycles. The molecule has 23 heavy (non-hydrogen) atoms. The van der Waals surface area contributed by atoms with E-state index in [1.54, 1.807) is 28.6 Å². The molecule has 0 spiro atoms. The van der Waals surface area contributed by atoms with Crippen LogP contribution in [0.4, 0.5) is 0 Å². The van der Waals surface area contributed by atoms with Crippen molar-refractivity contribution in [2.75, 3.05) is 6.54 Å². The summed E-state index contributed by atoms with van der Waals surface area (Å²) in [6, 6.07) is 7.63. The Morgan fingerprint density at radius 2 is 2.26 bits per heavy atom. The number of nitrogens with one attached hydrogen (secondary N) is 1. The first-order valence-electron chi connectivity index (χ1n) is 7.60. The maximum Gasteiger partial charge on any atom is 0.246 e. The largest absolute Gasteiger partial charge is 0.350 e. The van der Waals surface area contributed by atoms with Crippen LogP contribution in [0.2, 0.25) is 0 Å². The van der Waals surface area contributed by atoms with Gasteiger partial charge in [-0.05, 0) is 36.4 Å². The van der Waals surface area contributed by atoms with Gasteiger partial charge in [0.15, 0.2) is 0 Å². The van der Waals surface area contributed by atoms with Crippen LogP contribution in [-0.4, -0.2) is 33.8 Å². The van der Waals surface area contributed by atoms with E-state index in [4.69, 9.17) is 0 Å². The number of nitrogens with zero attached hydrogens (tertiary/aromatic N) is 2. The second-order valence-electron chi connectivity index (χ2n) is 5.87. The van der Waals surface area contributed by atoms with E-state index >= 15 is 0 Å².